The molecule has 0 heterocycles. The first-order valence-electron chi connectivity index (χ1n) is 6.91. The van der Waals surface area contributed by atoms with E-state index in [9.17, 15) is 0 Å². The van der Waals surface area contributed by atoms with Crippen molar-refractivity contribution in [2.24, 2.45) is 0 Å². The normalized spacial score (nSPS) is 10.4. The Labute approximate surface area is 115 Å². The van der Waals surface area contributed by atoms with Crippen molar-refractivity contribution < 1.29 is 25.3 Å². The van der Waals surface area contributed by atoms with Gasteiger partial charge >= 0.3 is 0 Å². The molecule has 0 bridgehead atoms. The van der Waals surface area contributed by atoms with Crippen LogP contribution in [0.1, 0.15) is 6.92 Å². The number of benzene rings is 1. The van der Waals surface area contributed by atoms with Crippen molar-refractivity contribution in [3.05, 3.63) is 24.3 Å². The van der Waals surface area contributed by atoms with Gasteiger partial charge in [-0.05, 0) is 19.1 Å². The summed E-state index contributed by atoms with van der Waals surface area (Å²) in [6, 6.07) is 7.66. The van der Waals surface area contributed by atoms with Crippen LogP contribution in [-0.4, -0.2) is 46.1 Å². The van der Waals surface area contributed by atoms with Gasteiger partial charge in [0.15, 0.2) is 0 Å². The van der Waals surface area contributed by atoms with Gasteiger partial charge in [0.25, 0.3) is 0 Å². The van der Waals surface area contributed by atoms with Gasteiger partial charge in [0.1, 0.15) is 31.2 Å². The van der Waals surface area contributed by atoms with E-state index in [1.54, 1.807) is 0 Å². The molecule has 0 amide bonds. The Kier molecular flexibility index (Phi) is 8.80. The van der Waals surface area contributed by atoms with Crippen molar-refractivity contribution in [2.45, 2.75) is 6.92 Å². The lowest BCUT2D eigenvalue weighted by atomic mass is 10.3. The van der Waals surface area contributed by atoms with Crippen LogP contribution >= 0.6 is 0 Å². The molecule has 1 aromatic carbocycles. The second-order valence-corrected chi connectivity index (χ2v) is 4.09. The number of hydrogen-bond donors (Lipinski definition) is 2. The molecule has 19 heavy (non-hydrogen) atoms. The van der Waals surface area contributed by atoms with Crippen molar-refractivity contribution in [1.29, 1.82) is 0 Å². The molecule has 0 aliphatic heterocycles. The molecule has 0 aromatic heterocycles. The van der Waals surface area contributed by atoms with Crippen LogP contribution in [0.2, 0.25) is 0 Å². The van der Waals surface area contributed by atoms with E-state index in [4.69, 9.17) is 14.2 Å². The van der Waals surface area contributed by atoms with Gasteiger partial charge in [-0.1, -0.05) is 6.07 Å². The molecular weight excluding hydrogens is 244 g/mol. The Morgan fingerprint density at radius 1 is 1.05 bits per heavy atom. The Bertz CT molecular complexity index is 334. The van der Waals surface area contributed by atoms with E-state index in [0.717, 1.165) is 37.7 Å². The first-order valence-corrected chi connectivity index (χ1v) is 6.91. The molecule has 0 spiro atoms. The molecule has 5 N–H and O–H groups in total. The van der Waals surface area contributed by atoms with Crippen molar-refractivity contribution in [2.75, 3.05) is 46.1 Å². The van der Waals surface area contributed by atoms with Gasteiger partial charge in [-0.25, -0.2) is 0 Å². The fraction of sp³-hybridized carbons (Fsp3) is 0.571. The van der Waals surface area contributed by atoms with Gasteiger partial charge in [0, 0.05) is 6.07 Å². The van der Waals surface area contributed by atoms with Gasteiger partial charge in [0.2, 0.25) is 0 Å². The van der Waals surface area contributed by atoms with E-state index >= 15 is 0 Å². The lowest BCUT2D eigenvalue weighted by Gasteiger charge is -2.08. The average Bonchev–Trinajstić information content (AvgIpc) is 2.43. The standard InChI is InChI=1S/C14H24N2O3/c1-2-18-13-4-3-5-14(12-13)19-11-10-17-9-8-16-7-6-15/h3-5,12,16H,2,6-11,15H2,1H3/p+2. The zero-order valence-electron chi connectivity index (χ0n) is 11.8. The van der Waals surface area contributed by atoms with E-state index in [1.165, 1.54) is 0 Å². The lowest BCUT2D eigenvalue weighted by molar-refractivity contribution is -0.671. The molecule has 0 radical (unpaired) electrons. The minimum atomic E-state index is 0.560. The van der Waals surface area contributed by atoms with E-state index < -0.39 is 0 Å². The first-order chi connectivity index (χ1) is 9.36. The summed E-state index contributed by atoms with van der Waals surface area (Å²) in [7, 11) is 0. The second kappa shape index (κ2) is 10.6. The molecule has 5 heteroatoms. The fourth-order valence-corrected chi connectivity index (χ4v) is 1.60. The van der Waals surface area contributed by atoms with E-state index in [1.807, 2.05) is 31.2 Å². The zero-order valence-corrected chi connectivity index (χ0v) is 11.8. The molecule has 0 fully saturated rings. The number of rotatable bonds is 11. The summed E-state index contributed by atoms with van der Waals surface area (Å²) in [5, 5.41) is 2.21. The topological polar surface area (TPSA) is 71.9 Å². The maximum absolute atomic E-state index is 5.60. The average molecular weight is 270 g/mol. The summed E-state index contributed by atoms with van der Waals surface area (Å²) in [6.45, 7) is 7.55. The Balaban J connectivity index is 2.07. The van der Waals surface area contributed by atoms with Gasteiger partial charge in [-0.3, -0.25) is 0 Å². The molecule has 1 rings (SSSR count). The first kappa shape index (κ1) is 15.8. The zero-order chi connectivity index (χ0) is 13.8. The Morgan fingerprint density at radius 2 is 1.84 bits per heavy atom. The molecule has 0 saturated carbocycles. The fourth-order valence-electron chi connectivity index (χ4n) is 1.60. The highest BCUT2D eigenvalue weighted by molar-refractivity contribution is 5.32. The van der Waals surface area contributed by atoms with Crippen LogP contribution in [0.25, 0.3) is 0 Å². The predicted molar refractivity (Wildman–Crippen MR) is 73.3 cm³/mol. The van der Waals surface area contributed by atoms with Gasteiger partial charge in [-0.2, -0.15) is 0 Å². The third-order valence-electron chi connectivity index (χ3n) is 2.49. The molecule has 0 aliphatic rings. The molecule has 0 unspecified atom stereocenters. The molecule has 0 atom stereocenters. The lowest BCUT2D eigenvalue weighted by Crippen LogP contribution is -2.88. The van der Waals surface area contributed by atoms with Crippen LogP contribution in [0, 0.1) is 0 Å². The smallest absolute Gasteiger partial charge is 0.125 e. The van der Waals surface area contributed by atoms with Gasteiger partial charge < -0.3 is 25.3 Å². The highest BCUT2D eigenvalue weighted by Crippen LogP contribution is 2.19. The third-order valence-corrected chi connectivity index (χ3v) is 2.49. The Hall–Kier alpha value is -1.30. The molecule has 1 aromatic rings. The van der Waals surface area contributed by atoms with Crippen LogP contribution in [-0.2, 0) is 4.74 Å². The third kappa shape index (κ3) is 7.66. The van der Waals surface area contributed by atoms with E-state index in [0.29, 0.717) is 19.8 Å². The van der Waals surface area contributed by atoms with E-state index in [-0.39, 0.29) is 0 Å². The minimum absolute atomic E-state index is 0.560. The summed E-state index contributed by atoms with van der Waals surface area (Å²) in [6.07, 6.45) is 0. The maximum atomic E-state index is 5.60. The molecule has 0 saturated heterocycles. The summed E-state index contributed by atoms with van der Waals surface area (Å²) < 4.78 is 16.5. The number of nitrogens with two attached hydrogens (primary N) is 1. The largest absolute Gasteiger partial charge is 0.494 e. The van der Waals surface area contributed by atoms with Crippen molar-refractivity contribution in [1.82, 2.24) is 0 Å². The predicted octanol–water partition coefficient (Wildman–Crippen LogP) is -0.714. The SMILES string of the molecule is CCOc1cccc(OCCOCC[NH2+]CC[NH3+])c1. The molecule has 5 nitrogen and oxygen atoms in total. The molecule has 0 aliphatic carbocycles. The number of ether oxygens (including phenoxy) is 3. The van der Waals surface area contributed by atoms with Gasteiger partial charge in [-0.15, -0.1) is 0 Å². The van der Waals surface area contributed by atoms with Crippen molar-refractivity contribution >= 4 is 0 Å². The van der Waals surface area contributed by atoms with Crippen molar-refractivity contribution in [3.8, 4) is 11.5 Å². The monoisotopic (exact) mass is 270 g/mol. The summed E-state index contributed by atoms with van der Waals surface area (Å²) in [5.74, 6) is 1.65. The maximum Gasteiger partial charge on any atom is 0.125 e. The Morgan fingerprint density at radius 3 is 2.58 bits per heavy atom. The second-order valence-electron chi connectivity index (χ2n) is 4.09. The minimum Gasteiger partial charge on any atom is -0.494 e. The number of quaternary nitrogens is 2. The number of hydrogen-bond acceptors (Lipinski definition) is 3. The summed E-state index contributed by atoms with van der Waals surface area (Å²) in [5.41, 5.74) is 3.78. The van der Waals surface area contributed by atoms with E-state index in [2.05, 4.69) is 11.1 Å². The van der Waals surface area contributed by atoms with Crippen LogP contribution in [0.5, 0.6) is 11.5 Å². The highest BCUT2D eigenvalue weighted by Gasteiger charge is 1.97. The van der Waals surface area contributed by atoms with Crippen molar-refractivity contribution in [3.63, 3.8) is 0 Å². The highest BCUT2D eigenvalue weighted by atomic mass is 16.5. The summed E-state index contributed by atoms with van der Waals surface area (Å²) in [4.78, 5) is 0. The van der Waals surface area contributed by atoms with Crippen LogP contribution in [0.4, 0.5) is 0 Å². The van der Waals surface area contributed by atoms with Crippen LogP contribution in [0.15, 0.2) is 24.3 Å². The molecular formula is C14H26N2O3+2. The van der Waals surface area contributed by atoms with Crippen LogP contribution in [0.3, 0.4) is 0 Å². The van der Waals surface area contributed by atoms with Crippen LogP contribution < -0.4 is 20.5 Å². The summed E-state index contributed by atoms with van der Waals surface area (Å²) >= 11 is 0. The van der Waals surface area contributed by atoms with Gasteiger partial charge in [0.05, 0.1) is 26.4 Å². The molecule has 108 valence electrons. The quantitative estimate of drug-likeness (QED) is 0.522.